The first-order valence-corrected chi connectivity index (χ1v) is 6.08. The van der Waals surface area contributed by atoms with E-state index in [4.69, 9.17) is 10.8 Å². The molecule has 1 aromatic heterocycles. The highest BCUT2D eigenvalue weighted by atomic mass is 16.4. The molecule has 7 nitrogen and oxygen atoms in total. The van der Waals surface area contributed by atoms with Crippen molar-refractivity contribution in [2.45, 2.75) is 13.8 Å². The molecule has 0 saturated carbocycles. The van der Waals surface area contributed by atoms with E-state index < -0.39 is 17.8 Å². The Hall–Kier alpha value is -2.44. The Balaban J connectivity index is 2.93. The van der Waals surface area contributed by atoms with Crippen LogP contribution in [0.1, 0.15) is 34.7 Å². The van der Waals surface area contributed by atoms with Gasteiger partial charge in [0.15, 0.2) is 0 Å². The predicted molar refractivity (Wildman–Crippen MR) is 71.1 cm³/mol. The molecule has 0 unspecified atom stereocenters. The second kappa shape index (κ2) is 6.65. The maximum absolute atomic E-state index is 12.2. The number of carbonyl (C=O) groups excluding carboxylic acids is 2. The van der Waals surface area contributed by atoms with Crippen LogP contribution in [0.25, 0.3) is 0 Å². The van der Waals surface area contributed by atoms with Gasteiger partial charge in [-0.05, 0) is 18.1 Å². The molecule has 0 aliphatic heterocycles. The van der Waals surface area contributed by atoms with Gasteiger partial charge >= 0.3 is 5.97 Å². The molecule has 0 bridgehead atoms. The normalized spacial score (nSPS) is 10.3. The number of nitrogens with two attached hydrogens (primary N) is 1. The Morgan fingerprint density at radius 3 is 2.40 bits per heavy atom. The van der Waals surface area contributed by atoms with Gasteiger partial charge in [0.1, 0.15) is 5.69 Å². The predicted octanol–water partition coefficient (Wildman–Crippen LogP) is 0.363. The van der Waals surface area contributed by atoms with Crippen LogP contribution in [-0.2, 0) is 4.79 Å². The van der Waals surface area contributed by atoms with Crippen LogP contribution in [0.4, 0.5) is 0 Å². The van der Waals surface area contributed by atoms with Gasteiger partial charge in [0.05, 0.1) is 12.1 Å². The monoisotopic (exact) mass is 279 g/mol. The zero-order chi connectivity index (χ0) is 15.3. The Morgan fingerprint density at radius 2 is 2.00 bits per heavy atom. The molecule has 20 heavy (non-hydrogen) atoms. The van der Waals surface area contributed by atoms with Gasteiger partial charge in [0.25, 0.3) is 5.91 Å². The average Bonchev–Trinajstić information content (AvgIpc) is 2.36. The fraction of sp³-hybridized carbons (Fsp3) is 0.385. The van der Waals surface area contributed by atoms with E-state index in [0.29, 0.717) is 6.54 Å². The van der Waals surface area contributed by atoms with E-state index >= 15 is 0 Å². The summed E-state index contributed by atoms with van der Waals surface area (Å²) in [5.41, 5.74) is 5.19. The molecular weight excluding hydrogens is 262 g/mol. The molecule has 0 atom stereocenters. The van der Waals surface area contributed by atoms with Gasteiger partial charge in [-0.15, -0.1) is 0 Å². The molecule has 3 N–H and O–H groups in total. The van der Waals surface area contributed by atoms with Crippen molar-refractivity contribution in [1.29, 1.82) is 0 Å². The highest BCUT2D eigenvalue weighted by Gasteiger charge is 2.20. The minimum absolute atomic E-state index is 0.00754. The molecule has 0 aliphatic carbocycles. The van der Waals surface area contributed by atoms with Gasteiger partial charge in [0.2, 0.25) is 5.91 Å². The van der Waals surface area contributed by atoms with E-state index in [-0.39, 0.29) is 23.7 Å². The molecule has 0 saturated heterocycles. The summed E-state index contributed by atoms with van der Waals surface area (Å²) < 4.78 is 0. The second-order valence-corrected chi connectivity index (χ2v) is 4.78. The van der Waals surface area contributed by atoms with Crippen LogP contribution in [0.15, 0.2) is 18.3 Å². The Bertz CT molecular complexity index is 511. The SMILES string of the molecule is CC(C)CN(CC(N)=O)C(=O)c1ccc(C(=O)O)cn1. The number of amides is 2. The number of carboxylic acids is 1. The molecule has 1 aromatic rings. The minimum atomic E-state index is -1.12. The zero-order valence-electron chi connectivity index (χ0n) is 11.4. The molecule has 0 fully saturated rings. The number of primary amides is 1. The summed E-state index contributed by atoms with van der Waals surface area (Å²) in [7, 11) is 0. The van der Waals surface area contributed by atoms with Crippen LogP contribution < -0.4 is 5.73 Å². The van der Waals surface area contributed by atoms with Crippen molar-refractivity contribution in [2.24, 2.45) is 11.7 Å². The second-order valence-electron chi connectivity index (χ2n) is 4.78. The summed E-state index contributed by atoms with van der Waals surface area (Å²) in [6.45, 7) is 3.98. The summed E-state index contributed by atoms with van der Waals surface area (Å²) >= 11 is 0. The standard InChI is InChI=1S/C13H17N3O4/c1-8(2)6-16(7-11(14)17)12(18)10-4-3-9(5-15-10)13(19)20/h3-5,8H,6-7H2,1-2H3,(H2,14,17)(H,19,20). The molecule has 0 spiro atoms. The fourth-order valence-electron chi connectivity index (χ4n) is 1.66. The smallest absolute Gasteiger partial charge is 0.337 e. The third-order valence-electron chi connectivity index (χ3n) is 2.45. The van der Waals surface area contributed by atoms with Crippen molar-refractivity contribution < 1.29 is 19.5 Å². The van der Waals surface area contributed by atoms with Crippen molar-refractivity contribution in [2.75, 3.05) is 13.1 Å². The number of pyridine rings is 1. The van der Waals surface area contributed by atoms with Crippen molar-refractivity contribution in [1.82, 2.24) is 9.88 Å². The van der Waals surface area contributed by atoms with Crippen molar-refractivity contribution >= 4 is 17.8 Å². The quantitative estimate of drug-likeness (QED) is 0.780. The van der Waals surface area contributed by atoms with Crippen molar-refractivity contribution in [3.8, 4) is 0 Å². The number of carbonyl (C=O) groups is 3. The lowest BCUT2D eigenvalue weighted by Crippen LogP contribution is -2.40. The maximum Gasteiger partial charge on any atom is 0.337 e. The van der Waals surface area contributed by atoms with E-state index in [1.807, 2.05) is 13.8 Å². The van der Waals surface area contributed by atoms with E-state index in [2.05, 4.69) is 4.98 Å². The van der Waals surface area contributed by atoms with Crippen LogP contribution in [0, 0.1) is 5.92 Å². The Morgan fingerprint density at radius 1 is 1.35 bits per heavy atom. The summed E-state index contributed by atoms with van der Waals surface area (Å²) in [6.07, 6.45) is 1.10. The average molecular weight is 279 g/mol. The van der Waals surface area contributed by atoms with Gasteiger partial charge in [-0.25, -0.2) is 4.79 Å². The van der Waals surface area contributed by atoms with Gasteiger partial charge in [-0.3, -0.25) is 14.6 Å². The van der Waals surface area contributed by atoms with Crippen LogP contribution in [0.5, 0.6) is 0 Å². The first-order chi connectivity index (χ1) is 9.31. The highest BCUT2D eigenvalue weighted by Crippen LogP contribution is 2.07. The molecule has 1 heterocycles. The van der Waals surface area contributed by atoms with Crippen LogP contribution >= 0.6 is 0 Å². The number of nitrogens with zero attached hydrogens (tertiary/aromatic N) is 2. The third-order valence-corrected chi connectivity index (χ3v) is 2.45. The largest absolute Gasteiger partial charge is 0.478 e. The molecule has 1 rings (SSSR count). The van der Waals surface area contributed by atoms with Crippen molar-refractivity contribution in [3.63, 3.8) is 0 Å². The van der Waals surface area contributed by atoms with Gasteiger partial charge in [-0.1, -0.05) is 13.8 Å². The van der Waals surface area contributed by atoms with Gasteiger partial charge in [-0.2, -0.15) is 0 Å². The van der Waals surface area contributed by atoms with E-state index in [9.17, 15) is 14.4 Å². The fourth-order valence-corrected chi connectivity index (χ4v) is 1.66. The summed E-state index contributed by atoms with van der Waals surface area (Å²) in [6, 6.07) is 2.61. The lowest BCUT2D eigenvalue weighted by Gasteiger charge is -2.22. The molecule has 0 aromatic carbocycles. The number of hydrogen-bond acceptors (Lipinski definition) is 4. The summed E-state index contributed by atoms with van der Waals surface area (Å²) in [5.74, 6) is -2.01. The van der Waals surface area contributed by atoms with Gasteiger partial charge in [0, 0.05) is 12.7 Å². The minimum Gasteiger partial charge on any atom is -0.478 e. The summed E-state index contributed by atoms with van der Waals surface area (Å²) in [4.78, 5) is 39.0. The highest BCUT2D eigenvalue weighted by molar-refractivity contribution is 5.95. The number of aromatic carboxylic acids is 1. The van der Waals surface area contributed by atoms with Crippen LogP contribution in [0.3, 0.4) is 0 Å². The molecule has 108 valence electrons. The first kappa shape index (κ1) is 15.6. The number of aromatic nitrogens is 1. The molecule has 0 radical (unpaired) electrons. The zero-order valence-corrected chi connectivity index (χ0v) is 11.4. The third kappa shape index (κ3) is 4.34. The summed E-state index contributed by atoms with van der Waals surface area (Å²) in [5, 5.41) is 8.76. The number of rotatable bonds is 6. The lowest BCUT2D eigenvalue weighted by molar-refractivity contribution is -0.118. The molecule has 2 amide bonds. The van der Waals surface area contributed by atoms with Crippen LogP contribution in [0.2, 0.25) is 0 Å². The van der Waals surface area contributed by atoms with E-state index in [1.165, 1.54) is 17.0 Å². The van der Waals surface area contributed by atoms with Crippen LogP contribution in [-0.4, -0.2) is 45.9 Å². The van der Waals surface area contributed by atoms with E-state index in [0.717, 1.165) is 6.20 Å². The van der Waals surface area contributed by atoms with E-state index in [1.54, 1.807) is 0 Å². The molecule has 7 heteroatoms. The number of hydrogen-bond donors (Lipinski definition) is 2. The van der Waals surface area contributed by atoms with Crippen molar-refractivity contribution in [3.05, 3.63) is 29.6 Å². The molecular formula is C13H17N3O4. The molecule has 0 aliphatic rings. The maximum atomic E-state index is 12.2. The first-order valence-electron chi connectivity index (χ1n) is 6.08. The Kier molecular flexibility index (Phi) is 5.19. The van der Waals surface area contributed by atoms with Gasteiger partial charge < -0.3 is 15.7 Å². The number of carboxylic acid groups (broad SMARTS) is 1. The lowest BCUT2D eigenvalue weighted by atomic mass is 10.2. The Labute approximate surface area is 116 Å². The topological polar surface area (TPSA) is 114 Å².